The molecule has 1 amide bonds. The molecule has 8 nitrogen and oxygen atoms in total. The lowest BCUT2D eigenvalue weighted by Crippen LogP contribution is -2.53. The van der Waals surface area contributed by atoms with Crippen molar-refractivity contribution >= 4 is 23.4 Å². The normalized spacial score (nSPS) is 17.6. The number of amides is 1. The molecule has 0 spiro atoms. The van der Waals surface area contributed by atoms with E-state index >= 15 is 0 Å². The van der Waals surface area contributed by atoms with E-state index in [0.29, 0.717) is 47.6 Å². The Morgan fingerprint density at radius 3 is 2.47 bits per heavy atom. The van der Waals surface area contributed by atoms with Crippen LogP contribution in [0.1, 0.15) is 34.8 Å². The van der Waals surface area contributed by atoms with E-state index in [9.17, 15) is 4.79 Å². The van der Waals surface area contributed by atoms with Gasteiger partial charge in [-0.15, -0.1) is 0 Å². The molecule has 1 aliphatic heterocycles. The number of carbonyl (C=O) groups excluding carboxylic acids is 1. The Morgan fingerprint density at radius 1 is 0.953 bits per heavy atom. The Morgan fingerprint density at radius 2 is 1.72 bits per heavy atom. The molecule has 1 heterocycles. The summed E-state index contributed by atoms with van der Waals surface area (Å²) >= 11 is 6.15. The van der Waals surface area contributed by atoms with Crippen LogP contribution in [0, 0.1) is 0 Å². The standard InChI is InChI=1S/C34H34ClN3O5/c1-41-30-13-6-11-27(21-30)31-34(22-24-8-3-2-4-9-24,33(40)38-36-23-25-10-5-12-28(35)20-25)37-32(43-31)26-14-16-29(17-15-26)42-19-7-18-39/h2-6,8-17,20-21,31,36,39H,7,18-19,22-23H2,1H3,(H,38,40)/t31-,34-/m0/s1. The quantitative estimate of drug-likeness (QED) is 0.140. The molecule has 0 saturated carbocycles. The predicted molar refractivity (Wildman–Crippen MR) is 166 cm³/mol. The van der Waals surface area contributed by atoms with E-state index in [1.807, 2.05) is 97.1 Å². The predicted octanol–water partition coefficient (Wildman–Crippen LogP) is 5.43. The molecular formula is C34H34ClN3O5. The zero-order valence-corrected chi connectivity index (χ0v) is 24.6. The van der Waals surface area contributed by atoms with Gasteiger partial charge in [-0.1, -0.05) is 66.2 Å². The Hall–Kier alpha value is -4.37. The first-order valence-electron chi connectivity index (χ1n) is 14.1. The van der Waals surface area contributed by atoms with Gasteiger partial charge < -0.3 is 19.3 Å². The molecule has 0 aromatic heterocycles. The lowest BCUT2D eigenvalue weighted by molar-refractivity contribution is -0.130. The Bertz CT molecular complexity index is 1550. The van der Waals surface area contributed by atoms with Crippen molar-refractivity contribution in [2.45, 2.75) is 31.0 Å². The highest BCUT2D eigenvalue weighted by Crippen LogP contribution is 2.43. The molecule has 0 unspecified atom stereocenters. The molecule has 1 aliphatic rings. The van der Waals surface area contributed by atoms with Crippen LogP contribution in [0.3, 0.4) is 0 Å². The number of methoxy groups -OCH3 is 1. The topological polar surface area (TPSA) is 101 Å². The van der Waals surface area contributed by atoms with E-state index in [1.165, 1.54) is 0 Å². The molecule has 4 aromatic carbocycles. The van der Waals surface area contributed by atoms with Crippen molar-refractivity contribution in [2.75, 3.05) is 20.3 Å². The molecule has 2 atom stereocenters. The lowest BCUT2D eigenvalue weighted by atomic mass is 9.82. The minimum Gasteiger partial charge on any atom is -0.497 e. The number of halogens is 1. The van der Waals surface area contributed by atoms with Crippen molar-refractivity contribution in [3.63, 3.8) is 0 Å². The van der Waals surface area contributed by atoms with Crippen LogP contribution >= 0.6 is 11.6 Å². The number of carbonyl (C=O) groups is 1. The molecular weight excluding hydrogens is 566 g/mol. The second-order valence-corrected chi connectivity index (χ2v) is 10.6. The SMILES string of the molecule is COc1cccc([C@@H]2OC(c3ccc(OCCCO)cc3)=N[C@]2(Cc2ccccc2)C(=O)NNCc2cccc(Cl)c2)c1. The number of ether oxygens (including phenoxy) is 3. The summed E-state index contributed by atoms with van der Waals surface area (Å²) in [6.45, 7) is 0.842. The Balaban J connectivity index is 1.51. The third kappa shape index (κ3) is 7.35. The average Bonchev–Trinajstić information content (AvgIpc) is 3.42. The number of benzene rings is 4. The largest absolute Gasteiger partial charge is 0.497 e. The summed E-state index contributed by atoms with van der Waals surface area (Å²) < 4.78 is 17.8. The molecule has 43 heavy (non-hydrogen) atoms. The average molecular weight is 600 g/mol. The van der Waals surface area contributed by atoms with Crippen molar-refractivity contribution in [1.82, 2.24) is 10.9 Å². The molecule has 0 fully saturated rings. The van der Waals surface area contributed by atoms with E-state index in [2.05, 4.69) is 10.9 Å². The summed E-state index contributed by atoms with van der Waals surface area (Å²) in [5.74, 6) is 1.31. The zero-order chi connectivity index (χ0) is 30.1. The first-order chi connectivity index (χ1) is 21.0. The molecule has 222 valence electrons. The highest BCUT2D eigenvalue weighted by Gasteiger charge is 2.53. The van der Waals surface area contributed by atoms with E-state index in [4.69, 9.17) is 35.9 Å². The number of aliphatic imine (C=N–C) groups is 1. The van der Waals surface area contributed by atoms with E-state index in [-0.39, 0.29) is 18.9 Å². The Kier molecular flexibility index (Phi) is 9.94. The van der Waals surface area contributed by atoms with E-state index < -0.39 is 11.6 Å². The summed E-state index contributed by atoms with van der Waals surface area (Å²) in [5, 5.41) is 9.66. The van der Waals surface area contributed by atoms with Crippen LogP contribution in [0.5, 0.6) is 11.5 Å². The molecule has 0 bridgehead atoms. The van der Waals surface area contributed by atoms with Crippen molar-refractivity contribution in [2.24, 2.45) is 4.99 Å². The lowest BCUT2D eigenvalue weighted by Gasteiger charge is -2.31. The monoisotopic (exact) mass is 599 g/mol. The summed E-state index contributed by atoms with van der Waals surface area (Å²) in [7, 11) is 1.60. The van der Waals surface area contributed by atoms with Crippen molar-refractivity contribution in [3.8, 4) is 11.5 Å². The van der Waals surface area contributed by atoms with Gasteiger partial charge in [0.1, 0.15) is 11.5 Å². The Labute approximate surface area is 256 Å². The summed E-state index contributed by atoms with van der Waals surface area (Å²) in [6, 6.07) is 32.0. The van der Waals surface area contributed by atoms with Crippen LogP contribution in [-0.4, -0.2) is 42.8 Å². The number of nitrogens with zero attached hydrogens (tertiary/aromatic N) is 1. The minimum atomic E-state index is -1.36. The number of hydrogen-bond donors (Lipinski definition) is 3. The van der Waals surface area contributed by atoms with Gasteiger partial charge in [-0.3, -0.25) is 10.2 Å². The minimum absolute atomic E-state index is 0.0634. The van der Waals surface area contributed by atoms with Gasteiger partial charge in [-0.25, -0.2) is 10.4 Å². The van der Waals surface area contributed by atoms with Crippen molar-refractivity contribution < 1.29 is 24.1 Å². The number of aliphatic hydroxyl groups excluding tert-OH is 1. The molecule has 5 rings (SSSR count). The third-order valence-electron chi connectivity index (χ3n) is 7.13. The number of aliphatic hydroxyl groups is 1. The maximum Gasteiger partial charge on any atom is 0.266 e. The third-order valence-corrected chi connectivity index (χ3v) is 7.36. The van der Waals surface area contributed by atoms with Gasteiger partial charge in [0.05, 0.1) is 13.7 Å². The second-order valence-electron chi connectivity index (χ2n) is 10.2. The molecule has 3 N–H and O–H groups in total. The van der Waals surface area contributed by atoms with Crippen LogP contribution < -0.4 is 20.3 Å². The van der Waals surface area contributed by atoms with Gasteiger partial charge in [0.2, 0.25) is 5.90 Å². The molecule has 0 aliphatic carbocycles. The summed E-state index contributed by atoms with van der Waals surface area (Å²) in [4.78, 5) is 19.3. The van der Waals surface area contributed by atoms with Gasteiger partial charge in [-0.2, -0.15) is 0 Å². The van der Waals surface area contributed by atoms with Gasteiger partial charge >= 0.3 is 0 Å². The van der Waals surface area contributed by atoms with Crippen LogP contribution in [0.25, 0.3) is 0 Å². The van der Waals surface area contributed by atoms with E-state index in [0.717, 1.165) is 16.7 Å². The molecule has 0 radical (unpaired) electrons. The van der Waals surface area contributed by atoms with E-state index in [1.54, 1.807) is 13.2 Å². The van der Waals surface area contributed by atoms with Gasteiger partial charge in [0.15, 0.2) is 11.6 Å². The van der Waals surface area contributed by atoms with Crippen molar-refractivity contribution in [3.05, 3.63) is 130 Å². The maximum absolute atomic E-state index is 14.3. The van der Waals surface area contributed by atoms with Gasteiger partial charge in [0, 0.05) is 36.6 Å². The highest BCUT2D eigenvalue weighted by atomic mass is 35.5. The van der Waals surface area contributed by atoms with Crippen LogP contribution in [0.4, 0.5) is 0 Å². The number of nitrogens with one attached hydrogen (secondary N) is 2. The molecule has 4 aromatic rings. The highest BCUT2D eigenvalue weighted by molar-refractivity contribution is 6.30. The first-order valence-corrected chi connectivity index (χ1v) is 14.4. The fourth-order valence-corrected chi connectivity index (χ4v) is 5.19. The summed E-state index contributed by atoms with van der Waals surface area (Å²) in [6.07, 6.45) is 0.0698. The van der Waals surface area contributed by atoms with Gasteiger partial charge in [-0.05, 0) is 65.2 Å². The van der Waals surface area contributed by atoms with Gasteiger partial charge in [0.25, 0.3) is 5.91 Å². The number of hydrazine groups is 1. The summed E-state index contributed by atoms with van der Waals surface area (Å²) in [5.41, 5.74) is 7.90. The van der Waals surface area contributed by atoms with Crippen LogP contribution in [-0.2, 0) is 22.5 Å². The second kappa shape index (κ2) is 14.2. The first kappa shape index (κ1) is 30.1. The molecule has 0 saturated heterocycles. The fraction of sp³-hybridized carbons (Fsp3) is 0.235. The smallest absolute Gasteiger partial charge is 0.266 e. The van der Waals surface area contributed by atoms with Crippen LogP contribution in [0.15, 0.2) is 108 Å². The van der Waals surface area contributed by atoms with Crippen molar-refractivity contribution in [1.29, 1.82) is 0 Å². The zero-order valence-electron chi connectivity index (χ0n) is 23.8. The molecule has 9 heteroatoms. The number of hydrogen-bond acceptors (Lipinski definition) is 7. The maximum atomic E-state index is 14.3. The number of rotatable bonds is 13. The van der Waals surface area contributed by atoms with Crippen LogP contribution in [0.2, 0.25) is 5.02 Å². The fourth-order valence-electron chi connectivity index (χ4n) is 4.98.